The van der Waals surface area contributed by atoms with Crippen LogP contribution in [0.25, 0.3) is 0 Å². The van der Waals surface area contributed by atoms with Gasteiger partial charge in [-0.1, -0.05) is 0 Å². The number of methoxy groups -OCH3 is 1. The third-order valence-electron chi connectivity index (χ3n) is 0.726. The van der Waals surface area contributed by atoms with Crippen LogP contribution in [0.3, 0.4) is 0 Å². The molecule has 1 aromatic rings. The summed E-state index contributed by atoms with van der Waals surface area (Å²) in [5.41, 5.74) is 0. The first kappa shape index (κ1) is 3.17. The van der Waals surface area contributed by atoms with Crippen molar-refractivity contribution in [3.63, 3.8) is 0 Å². The van der Waals surface area contributed by atoms with Crippen LogP contribution in [0.1, 0.15) is 6.85 Å². The van der Waals surface area contributed by atoms with Gasteiger partial charge in [-0.15, -0.1) is 0 Å². The van der Waals surface area contributed by atoms with E-state index in [1.165, 1.54) is 0 Å². The molecule has 1 rings (SSSR count). The van der Waals surface area contributed by atoms with Crippen LogP contribution in [0.4, 0.5) is 4.39 Å². The molecular weight excluding hydrogens is 201 g/mol. The Bertz CT molecular complexity index is 396. The van der Waals surface area contributed by atoms with Crippen molar-refractivity contribution in [2.45, 2.75) is 0 Å². The highest BCUT2D eigenvalue weighted by atomic mass is 79.9. The van der Waals surface area contributed by atoms with Crippen molar-refractivity contribution < 1.29 is 16.0 Å². The van der Waals surface area contributed by atoms with Gasteiger partial charge < -0.3 is 4.74 Å². The van der Waals surface area contributed by atoms with E-state index in [2.05, 4.69) is 25.7 Å². The lowest BCUT2D eigenvalue weighted by Crippen LogP contribution is -1.88. The highest BCUT2D eigenvalue weighted by Crippen LogP contribution is 2.14. The van der Waals surface area contributed by atoms with Gasteiger partial charge in [0.25, 0.3) is 0 Å². The molecule has 4 heteroatoms. The SMILES string of the molecule is [2H]c1c(Br)nc(OC([2H])([2H])[2H])c([2H])c1F. The average Bonchev–Trinajstić information content (AvgIpc) is 2.08. The molecule has 54 valence electrons. The van der Waals surface area contributed by atoms with Crippen LogP contribution in [-0.4, -0.2) is 12.0 Å². The van der Waals surface area contributed by atoms with Gasteiger partial charge in [0.15, 0.2) is 0 Å². The van der Waals surface area contributed by atoms with E-state index in [0.717, 1.165) is 0 Å². The lowest BCUT2D eigenvalue weighted by Gasteiger charge is -1.97. The summed E-state index contributed by atoms with van der Waals surface area (Å²) in [5.74, 6) is -1.86. The number of hydrogen-bond donors (Lipinski definition) is 0. The minimum Gasteiger partial charge on any atom is -0.481 e. The Morgan fingerprint density at radius 2 is 2.70 bits per heavy atom. The van der Waals surface area contributed by atoms with Gasteiger partial charge in [0.05, 0.1) is 13.9 Å². The van der Waals surface area contributed by atoms with Crippen LogP contribution in [0.2, 0.25) is 0 Å². The summed E-state index contributed by atoms with van der Waals surface area (Å²) in [6.45, 7) is 0. The maximum absolute atomic E-state index is 13.1. The second-order valence-corrected chi connectivity index (χ2v) is 2.12. The summed E-state index contributed by atoms with van der Waals surface area (Å²) < 4.78 is 51.8. The number of halogens is 2. The Balaban J connectivity index is 3.21. The topological polar surface area (TPSA) is 22.1 Å². The molecule has 0 saturated heterocycles. The second kappa shape index (κ2) is 2.96. The van der Waals surface area contributed by atoms with Crippen molar-refractivity contribution in [2.24, 2.45) is 0 Å². The smallest absolute Gasteiger partial charge is 0.216 e. The highest BCUT2D eigenvalue weighted by Gasteiger charge is 1.98. The van der Waals surface area contributed by atoms with E-state index < -0.39 is 30.8 Å². The minimum absolute atomic E-state index is 0.213. The van der Waals surface area contributed by atoms with Crippen molar-refractivity contribution in [1.82, 2.24) is 4.98 Å². The number of ether oxygens (including phenoxy) is 1. The summed E-state index contributed by atoms with van der Waals surface area (Å²) in [7, 11) is -2.81. The maximum Gasteiger partial charge on any atom is 0.216 e. The van der Waals surface area contributed by atoms with Gasteiger partial charge in [0.2, 0.25) is 5.88 Å². The summed E-state index contributed by atoms with van der Waals surface area (Å²) >= 11 is 2.75. The summed E-state index contributed by atoms with van der Waals surface area (Å²) in [5, 5.41) is 0. The van der Waals surface area contributed by atoms with Gasteiger partial charge in [0, 0.05) is 12.1 Å². The first-order chi connectivity index (χ1) is 6.72. The standard InChI is InChI=1S/C6H5BrFNO/c1-10-6-3-4(8)2-5(7)9-6/h2-3H,1H3/i1D3,2D,3D. The van der Waals surface area contributed by atoms with E-state index in [1.54, 1.807) is 0 Å². The molecule has 0 unspecified atom stereocenters. The first-order valence-electron chi connectivity index (χ1n) is 4.73. The molecule has 1 heterocycles. The third-order valence-corrected chi connectivity index (χ3v) is 1.10. The van der Waals surface area contributed by atoms with E-state index >= 15 is 0 Å². The normalized spacial score (nSPS) is 18.0. The van der Waals surface area contributed by atoms with Gasteiger partial charge in [0.1, 0.15) is 10.4 Å². The Hall–Kier alpha value is -0.640. The van der Waals surface area contributed by atoms with Crippen LogP contribution in [0.15, 0.2) is 16.7 Å². The van der Waals surface area contributed by atoms with Crippen LogP contribution in [-0.2, 0) is 0 Å². The van der Waals surface area contributed by atoms with E-state index in [9.17, 15) is 4.39 Å². The van der Waals surface area contributed by atoms with Gasteiger partial charge in [-0.3, -0.25) is 0 Å². The van der Waals surface area contributed by atoms with Crippen LogP contribution >= 0.6 is 15.9 Å². The second-order valence-electron chi connectivity index (χ2n) is 1.37. The fourth-order valence-corrected chi connectivity index (χ4v) is 0.744. The lowest BCUT2D eigenvalue weighted by atomic mass is 10.5. The summed E-state index contributed by atoms with van der Waals surface area (Å²) in [4.78, 5) is 3.44. The lowest BCUT2D eigenvalue weighted by molar-refractivity contribution is 0.393. The largest absolute Gasteiger partial charge is 0.481 e. The van der Waals surface area contributed by atoms with Crippen molar-refractivity contribution in [3.05, 3.63) is 22.5 Å². The van der Waals surface area contributed by atoms with Crippen molar-refractivity contribution in [2.75, 3.05) is 7.04 Å². The van der Waals surface area contributed by atoms with Gasteiger partial charge in [-0.2, -0.15) is 0 Å². The monoisotopic (exact) mass is 210 g/mol. The van der Waals surface area contributed by atoms with E-state index in [-0.39, 0.29) is 4.60 Å². The Morgan fingerprint density at radius 3 is 3.40 bits per heavy atom. The molecule has 10 heavy (non-hydrogen) atoms. The molecule has 0 saturated carbocycles. The van der Waals surface area contributed by atoms with Crippen molar-refractivity contribution in [1.29, 1.82) is 0 Å². The molecule has 0 spiro atoms. The molecular formula is C6H5BrFNO. The zero-order valence-electron chi connectivity index (χ0n) is 9.61. The summed E-state index contributed by atoms with van der Waals surface area (Å²) in [6, 6.07) is -1.46. The molecule has 0 amide bonds. The highest BCUT2D eigenvalue weighted by molar-refractivity contribution is 9.10. The molecule has 2 nitrogen and oxygen atoms in total. The fraction of sp³-hybridized carbons (Fsp3) is 0.167. The van der Waals surface area contributed by atoms with E-state index in [4.69, 9.17) is 6.85 Å². The zero-order valence-corrected chi connectivity index (χ0v) is 6.20. The number of aromatic nitrogens is 1. The molecule has 0 aromatic carbocycles. The van der Waals surface area contributed by atoms with Crippen LogP contribution in [0, 0.1) is 5.82 Å². The Morgan fingerprint density at radius 1 is 1.90 bits per heavy atom. The molecule has 0 aliphatic heterocycles. The van der Waals surface area contributed by atoms with E-state index in [1.807, 2.05) is 0 Å². The molecule has 0 radical (unpaired) electrons. The number of hydrogen-bond acceptors (Lipinski definition) is 2. The molecule has 0 atom stereocenters. The number of pyridine rings is 1. The predicted octanol–water partition coefficient (Wildman–Crippen LogP) is 1.99. The predicted molar refractivity (Wildman–Crippen MR) is 38.4 cm³/mol. The van der Waals surface area contributed by atoms with Gasteiger partial charge in [-0.05, 0) is 15.9 Å². The quantitative estimate of drug-likeness (QED) is 0.662. The Kier molecular flexibility index (Phi) is 0.940. The average molecular weight is 211 g/mol. The Labute approximate surface area is 73.2 Å². The molecule has 0 N–H and O–H groups in total. The van der Waals surface area contributed by atoms with E-state index in [0.29, 0.717) is 0 Å². The molecule has 0 aliphatic carbocycles. The first-order valence-corrected chi connectivity index (χ1v) is 3.03. The molecule has 0 aliphatic rings. The van der Waals surface area contributed by atoms with Crippen molar-refractivity contribution in [3.8, 4) is 5.88 Å². The maximum atomic E-state index is 13.1. The molecule has 0 fully saturated rings. The number of rotatable bonds is 1. The third kappa shape index (κ3) is 1.67. The van der Waals surface area contributed by atoms with Crippen molar-refractivity contribution >= 4 is 15.9 Å². The fourth-order valence-electron chi connectivity index (χ4n) is 0.409. The van der Waals surface area contributed by atoms with Crippen LogP contribution < -0.4 is 4.74 Å². The van der Waals surface area contributed by atoms with Crippen LogP contribution in [0.5, 0.6) is 5.88 Å². The minimum atomic E-state index is -2.81. The van der Waals surface area contributed by atoms with Gasteiger partial charge >= 0.3 is 0 Å². The molecule has 1 aromatic heterocycles. The summed E-state index contributed by atoms with van der Waals surface area (Å²) in [6.07, 6.45) is 0. The number of nitrogens with zero attached hydrogens (tertiary/aromatic N) is 1. The van der Waals surface area contributed by atoms with Gasteiger partial charge in [-0.25, -0.2) is 9.37 Å². The molecule has 0 bridgehead atoms. The zero-order chi connectivity index (χ0) is 11.8.